The predicted molar refractivity (Wildman–Crippen MR) is 137 cm³/mol. The molecule has 2 fully saturated rings. The fourth-order valence-electron chi connectivity index (χ4n) is 4.84. The van der Waals surface area contributed by atoms with Gasteiger partial charge in [-0.2, -0.15) is 0 Å². The lowest BCUT2D eigenvalue weighted by Crippen LogP contribution is -2.41. The summed E-state index contributed by atoms with van der Waals surface area (Å²) in [6.45, 7) is 8.66. The number of carboxylic acids is 1. The van der Waals surface area contributed by atoms with Crippen LogP contribution in [0.2, 0.25) is 0 Å². The summed E-state index contributed by atoms with van der Waals surface area (Å²) < 4.78 is 12.2. The number of carboxylic acid groups (broad SMARTS) is 1. The maximum Gasteiger partial charge on any atom is 0.494 e. The van der Waals surface area contributed by atoms with Crippen molar-refractivity contribution in [3.63, 3.8) is 0 Å². The van der Waals surface area contributed by atoms with Crippen LogP contribution in [0.5, 0.6) is 0 Å². The normalized spacial score (nSPS) is 20.8. The van der Waals surface area contributed by atoms with E-state index in [1.165, 1.54) is 18.4 Å². The number of nitrogens with one attached hydrogen (secondary N) is 1. The SMILES string of the molecule is CC1(C)OB(c2ccc(C=CCN[C@H](C(=O)O)c3ccccc3C3CCCC3)cc2)OC1(C)C. The van der Waals surface area contributed by atoms with Gasteiger partial charge in [0.05, 0.1) is 11.2 Å². The van der Waals surface area contributed by atoms with Gasteiger partial charge in [-0.15, -0.1) is 0 Å². The molecule has 2 aromatic rings. The second-order valence-corrected chi connectivity index (χ2v) is 10.4. The van der Waals surface area contributed by atoms with Gasteiger partial charge in [0.1, 0.15) is 6.04 Å². The van der Waals surface area contributed by atoms with Crippen LogP contribution in [-0.2, 0) is 14.1 Å². The van der Waals surface area contributed by atoms with E-state index >= 15 is 0 Å². The molecule has 4 rings (SSSR count). The molecule has 1 saturated carbocycles. The van der Waals surface area contributed by atoms with Gasteiger partial charge in [-0.25, -0.2) is 0 Å². The summed E-state index contributed by atoms with van der Waals surface area (Å²) in [6, 6.07) is 15.4. The summed E-state index contributed by atoms with van der Waals surface area (Å²) in [5.41, 5.74) is 3.38. The van der Waals surface area contributed by atoms with Crippen molar-refractivity contribution in [3.8, 4) is 0 Å². The van der Waals surface area contributed by atoms with Gasteiger partial charge >= 0.3 is 13.1 Å². The monoisotopic (exact) mass is 461 g/mol. The zero-order valence-corrected chi connectivity index (χ0v) is 20.7. The fourth-order valence-corrected chi connectivity index (χ4v) is 4.84. The molecule has 6 heteroatoms. The van der Waals surface area contributed by atoms with Gasteiger partial charge in [-0.1, -0.05) is 73.5 Å². The van der Waals surface area contributed by atoms with Crippen LogP contribution in [0.3, 0.4) is 0 Å². The van der Waals surface area contributed by atoms with E-state index in [-0.39, 0.29) is 18.3 Å². The number of hydrogen-bond donors (Lipinski definition) is 2. The first-order valence-corrected chi connectivity index (χ1v) is 12.3. The van der Waals surface area contributed by atoms with E-state index in [0.29, 0.717) is 12.5 Å². The zero-order chi connectivity index (χ0) is 24.3. The summed E-state index contributed by atoms with van der Waals surface area (Å²) in [5.74, 6) is -0.372. The van der Waals surface area contributed by atoms with Crippen molar-refractivity contribution in [2.75, 3.05) is 6.54 Å². The molecular weight excluding hydrogens is 425 g/mol. The Morgan fingerprint density at radius 2 is 1.68 bits per heavy atom. The quantitative estimate of drug-likeness (QED) is 0.538. The van der Waals surface area contributed by atoms with Crippen LogP contribution in [0.25, 0.3) is 6.08 Å². The van der Waals surface area contributed by atoms with Gasteiger partial charge in [-0.05, 0) is 68.6 Å². The summed E-state index contributed by atoms with van der Waals surface area (Å²) >= 11 is 0. The molecule has 0 bridgehead atoms. The largest absolute Gasteiger partial charge is 0.494 e. The average molecular weight is 461 g/mol. The van der Waals surface area contributed by atoms with Crippen LogP contribution in [0.4, 0.5) is 0 Å². The summed E-state index contributed by atoms with van der Waals surface area (Å²) in [7, 11) is -0.374. The Hall–Kier alpha value is -2.41. The molecular formula is C28H36BNO4. The van der Waals surface area contributed by atoms with Gasteiger partial charge in [-0.3, -0.25) is 10.1 Å². The first kappa shape index (κ1) is 24.7. The highest BCUT2D eigenvalue weighted by atomic mass is 16.7. The minimum Gasteiger partial charge on any atom is -0.480 e. The first-order chi connectivity index (χ1) is 16.2. The average Bonchev–Trinajstić information content (AvgIpc) is 3.40. The minimum absolute atomic E-state index is 0.362. The molecule has 1 heterocycles. The zero-order valence-electron chi connectivity index (χ0n) is 20.7. The molecule has 1 aliphatic heterocycles. The van der Waals surface area contributed by atoms with Crippen molar-refractivity contribution >= 4 is 24.6 Å². The molecule has 2 aromatic carbocycles. The lowest BCUT2D eigenvalue weighted by atomic mass is 9.79. The van der Waals surface area contributed by atoms with E-state index in [9.17, 15) is 9.90 Å². The summed E-state index contributed by atoms with van der Waals surface area (Å²) in [4.78, 5) is 12.1. The Balaban J connectivity index is 1.38. The highest BCUT2D eigenvalue weighted by Gasteiger charge is 2.51. The molecule has 0 aromatic heterocycles. The minimum atomic E-state index is -0.842. The van der Waals surface area contributed by atoms with Crippen molar-refractivity contribution in [1.82, 2.24) is 5.32 Å². The van der Waals surface area contributed by atoms with E-state index in [0.717, 1.165) is 29.4 Å². The Morgan fingerprint density at radius 1 is 1.06 bits per heavy atom. The lowest BCUT2D eigenvalue weighted by Gasteiger charge is -2.32. The highest BCUT2D eigenvalue weighted by Crippen LogP contribution is 2.38. The van der Waals surface area contributed by atoms with Gasteiger partial charge in [0.15, 0.2) is 0 Å². The van der Waals surface area contributed by atoms with Crippen molar-refractivity contribution in [2.24, 2.45) is 0 Å². The van der Waals surface area contributed by atoms with Crippen LogP contribution in [0.1, 0.15) is 82.0 Å². The third kappa shape index (κ3) is 5.30. The standard InChI is InChI=1S/C28H36BNO4/c1-27(2)28(3,4)34-29(33-27)22-17-15-20(16-18-22)10-9-19-30-25(26(31)32)24-14-8-7-13-23(24)21-11-5-6-12-21/h7-10,13-18,21,25,30H,5-6,11-12,19H2,1-4H3,(H,31,32)/t25-/m0/s1. The maximum absolute atomic E-state index is 12.1. The van der Waals surface area contributed by atoms with Gasteiger partial charge < -0.3 is 14.4 Å². The maximum atomic E-state index is 12.1. The van der Waals surface area contributed by atoms with Gasteiger partial charge in [0.25, 0.3) is 0 Å². The Kier molecular flexibility index (Phi) is 7.32. The third-order valence-electron chi connectivity index (χ3n) is 7.56. The van der Waals surface area contributed by atoms with Gasteiger partial charge in [0.2, 0.25) is 0 Å². The molecule has 1 saturated heterocycles. The van der Waals surface area contributed by atoms with E-state index in [4.69, 9.17) is 9.31 Å². The number of hydrogen-bond acceptors (Lipinski definition) is 4. The summed E-state index contributed by atoms with van der Waals surface area (Å²) in [6.07, 6.45) is 8.71. The van der Waals surface area contributed by atoms with Crippen LogP contribution in [-0.4, -0.2) is 35.9 Å². The van der Waals surface area contributed by atoms with E-state index < -0.39 is 12.0 Å². The summed E-state index contributed by atoms with van der Waals surface area (Å²) in [5, 5.41) is 13.1. The predicted octanol–water partition coefficient (Wildman–Crippen LogP) is 5.07. The molecule has 1 aliphatic carbocycles. The van der Waals surface area contributed by atoms with E-state index in [1.807, 2.05) is 82.3 Å². The fraction of sp³-hybridized carbons (Fsp3) is 0.464. The molecule has 2 N–H and O–H groups in total. The second-order valence-electron chi connectivity index (χ2n) is 10.4. The van der Waals surface area contributed by atoms with Crippen molar-refractivity contribution in [1.29, 1.82) is 0 Å². The van der Waals surface area contributed by atoms with Crippen molar-refractivity contribution in [3.05, 3.63) is 71.3 Å². The van der Waals surface area contributed by atoms with Crippen LogP contribution in [0, 0.1) is 0 Å². The molecule has 180 valence electrons. The van der Waals surface area contributed by atoms with Crippen LogP contribution in [0.15, 0.2) is 54.6 Å². The number of benzene rings is 2. The molecule has 2 aliphatic rings. The molecule has 1 atom stereocenters. The second kappa shape index (κ2) is 10.1. The Bertz CT molecular complexity index is 1010. The Morgan fingerprint density at radius 3 is 2.29 bits per heavy atom. The van der Waals surface area contributed by atoms with Crippen LogP contribution < -0.4 is 10.8 Å². The molecule has 0 unspecified atom stereocenters. The molecule has 0 spiro atoms. The highest BCUT2D eigenvalue weighted by molar-refractivity contribution is 6.62. The molecule has 0 amide bonds. The van der Waals surface area contributed by atoms with Crippen molar-refractivity contribution < 1.29 is 19.2 Å². The number of rotatable bonds is 8. The molecule has 34 heavy (non-hydrogen) atoms. The van der Waals surface area contributed by atoms with Crippen molar-refractivity contribution in [2.45, 2.75) is 76.5 Å². The third-order valence-corrected chi connectivity index (χ3v) is 7.56. The number of carbonyl (C=O) groups is 1. The molecule has 5 nitrogen and oxygen atoms in total. The van der Waals surface area contributed by atoms with E-state index in [1.54, 1.807) is 0 Å². The van der Waals surface area contributed by atoms with Gasteiger partial charge in [0, 0.05) is 6.54 Å². The van der Waals surface area contributed by atoms with Crippen LogP contribution >= 0.6 is 0 Å². The topological polar surface area (TPSA) is 67.8 Å². The lowest BCUT2D eigenvalue weighted by molar-refractivity contribution is -0.139. The first-order valence-electron chi connectivity index (χ1n) is 12.3. The molecule has 0 radical (unpaired) electrons. The number of aliphatic carboxylic acids is 1. The Labute approximate surface area is 203 Å². The smallest absolute Gasteiger partial charge is 0.480 e. The van der Waals surface area contributed by atoms with E-state index in [2.05, 4.69) is 11.4 Å².